The predicted octanol–water partition coefficient (Wildman–Crippen LogP) is 2.34. The fraction of sp³-hybridized carbons (Fsp3) is 0.400. The number of hydrogen-bond donors (Lipinski definition) is 0. The van der Waals surface area contributed by atoms with Crippen molar-refractivity contribution < 1.29 is 0 Å². The second-order valence-electron chi connectivity index (χ2n) is 1.51. The molecule has 0 atom stereocenters. The molecule has 1 nitrogen and oxygen atoms in total. The van der Waals surface area contributed by atoms with Gasteiger partial charge >= 0.3 is 0 Å². The Morgan fingerprint density at radius 1 is 1.50 bits per heavy atom. The summed E-state index contributed by atoms with van der Waals surface area (Å²) in [5.74, 6) is 0. The maximum absolute atomic E-state index is 4.13. The lowest BCUT2D eigenvalue weighted by atomic mass is 10.6. The Bertz CT molecular complexity index is 145. The molecule has 0 saturated heterocycles. The topological polar surface area (TPSA) is 12.9 Å². The number of thiazole rings is 1. The summed E-state index contributed by atoms with van der Waals surface area (Å²) in [4.78, 5) is 4.13. The van der Waals surface area contributed by atoms with Crippen LogP contribution in [0.1, 0.15) is 10.7 Å². The van der Waals surface area contributed by atoms with Crippen LogP contribution in [0.4, 0.5) is 0 Å². The van der Waals surface area contributed by atoms with Gasteiger partial charge in [0.05, 0.1) is 5.01 Å². The zero-order valence-corrected chi connectivity index (χ0v) is 7.37. The second-order valence-corrected chi connectivity index (χ2v) is 2.57. The van der Waals surface area contributed by atoms with Crippen molar-refractivity contribution in [2.75, 3.05) is 0 Å². The summed E-state index contributed by atoms with van der Waals surface area (Å²) >= 11 is 1.69. The Morgan fingerprint density at radius 2 is 2.12 bits per heavy atom. The van der Waals surface area contributed by atoms with E-state index >= 15 is 0 Å². The lowest BCUT2D eigenvalue weighted by molar-refractivity contribution is 1.20. The summed E-state index contributed by atoms with van der Waals surface area (Å²) in [5, 5.41) is 3.20. The van der Waals surface area contributed by atoms with Crippen LogP contribution in [0, 0.1) is 13.8 Å². The van der Waals surface area contributed by atoms with Gasteiger partial charge in [0, 0.05) is 11.1 Å². The van der Waals surface area contributed by atoms with Crippen LogP contribution < -0.4 is 0 Å². The molecule has 0 N–H and O–H groups in total. The molecule has 0 radical (unpaired) electrons. The molecule has 0 amide bonds. The highest BCUT2D eigenvalue weighted by Gasteiger charge is 1.85. The molecule has 46 valence electrons. The first-order chi connectivity index (χ1) is 3.29. The van der Waals surface area contributed by atoms with E-state index in [9.17, 15) is 0 Å². The van der Waals surface area contributed by atoms with Crippen LogP contribution >= 0.6 is 28.3 Å². The number of aryl methyl sites for hydroxylation is 2. The van der Waals surface area contributed by atoms with E-state index in [0.717, 1.165) is 10.7 Å². The Hall–Kier alpha value is 0.110. The van der Waals surface area contributed by atoms with Crippen LogP contribution in [-0.2, 0) is 0 Å². The van der Waals surface area contributed by atoms with Crippen molar-refractivity contribution in [3.05, 3.63) is 16.1 Å². The molecule has 0 aliphatic carbocycles. The molecule has 0 saturated carbocycles. The van der Waals surface area contributed by atoms with Crippen LogP contribution in [0.2, 0.25) is 0 Å². The van der Waals surface area contributed by atoms with Crippen molar-refractivity contribution in [1.29, 1.82) is 0 Å². The average Bonchev–Trinajstić information content (AvgIpc) is 1.87. The van der Waals surface area contributed by atoms with E-state index in [4.69, 9.17) is 0 Å². The van der Waals surface area contributed by atoms with Crippen LogP contribution in [0.25, 0.3) is 0 Å². The van der Waals surface area contributed by atoms with Crippen LogP contribution in [0.15, 0.2) is 5.38 Å². The highest BCUT2D eigenvalue weighted by atomic mass is 79.9. The van der Waals surface area contributed by atoms with Crippen molar-refractivity contribution in [2.24, 2.45) is 0 Å². The maximum Gasteiger partial charge on any atom is 0.0897 e. The molecule has 3 heteroatoms. The highest BCUT2D eigenvalue weighted by molar-refractivity contribution is 8.93. The third-order valence-electron chi connectivity index (χ3n) is 0.734. The smallest absolute Gasteiger partial charge is 0.0897 e. The number of halogens is 1. The number of rotatable bonds is 0. The van der Waals surface area contributed by atoms with Gasteiger partial charge < -0.3 is 0 Å². The minimum atomic E-state index is 0. The molecule has 0 spiro atoms. The first-order valence-electron chi connectivity index (χ1n) is 2.18. The normalized spacial score (nSPS) is 8.25. The van der Waals surface area contributed by atoms with Crippen molar-refractivity contribution in [2.45, 2.75) is 13.8 Å². The second kappa shape index (κ2) is 3.20. The van der Waals surface area contributed by atoms with Crippen LogP contribution in [-0.4, -0.2) is 4.98 Å². The fourth-order valence-corrected chi connectivity index (χ4v) is 1.06. The summed E-state index contributed by atoms with van der Waals surface area (Å²) in [6.45, 7) is 4.02. The van der Waals surface area contributed by atoms with Gasteiger partial charge in [-0.2, -0.15) is 0 Å². The van der Waals surface area contributed by atoms with E-state index in [0.29, 0.717) is 0 Å². The molecule has 0 bridgehead atoms. The molecule has 0 aliphatic heterocycles. The van der Waals surface area contributed by atoms with Gasteiger partial charge in [-0.15, -0.1) is 28.3 Å². The molecule has 1 aromatic rings. The maximum atomic E-state index is 4.13. The van der Waals surface area contributed by atoms with Crippen molar-refractivity contribution in [3.63, 3.8) is 0 Å². The molecule has 0 fully saturated rings. The van der Waals surface area contributed by atoms with E-state index < -0.39 is 0 Å². The minimum Gasteiger partial charge on any atom is -0.247 e. The highest BCUT2D eigenvalue weighted by Crippen LogP contribution is 2.04. The van der Waals surface area contributed by atoms with Crippen molar-refractivity contribution in [3.8, 4) is 0 Å². The zero-order valence-electron chi connectivity index (χ0n) is 4.84. The van der Waals surface area contributed by atoms with Gasteiger partial charge in [0.1, 0.15) is 0 Å². The molecular weight excluding hydrogens is 186 g/mol. The number of hydrogen-bond acceptors (Lipinski definition) is 2. The Morgan fingerprint density at radius 3 is 2.25 bits per heavy atom. The summed E-state index contributed by atoms with van der Waals surface area (Å²) in [6, 6.07) is 0. The van der Waals surface area contributed by atoms with E-state index in [2.05, 4.69) is 10.4 Å². The fourth-order valence-electron chi connectivity index (χ4n) is 0.472. The molecule has 0 aromatic carbocycles. The summed E-state index contributed by atoms with van der Waals surface area (Å²) < 4.78 is 0. The van der Waals surface area contributed by atoms with Gasteiger partial charge in [0.25, 0.3) is 0 Å². The summed E-state index contributed by atoms with van der Waals surface area (Å²) in [5.41, 5.74) is 1.13. The van der Waals surface area contributed by atoms with Crippen molar-refractivity contribution >= 4 is 28.3 Å². The quantitative estimate of drug-likeness (QED) is 0.617. The Balaban J connectivity index is 0.000000490. The standard InChI is InChI=1S/C5H7NS.BrH/c1-4-3-7-5(2)6-4;/h3H,1-2H3;1H. The van der Waals surface area contributed by atoms with Gasteiger partial charge in [-0.3, -0.25) is 0 Å². The van der Waals surface area contributed by atoms with Gasteiger partial charge in [-0.1, -0.05) is 0 Å². The van der Waals surface area contributed by atoms with Crippen LogP contribution in [0.5, 0.6) is 0 Å². The van der Waals surface area contributed by atoms with E-state index in [1.165, 1.54) is 0 Å². The van der Waals surface area contributed by atoms with Gasteiger partial charge in [-0.05, 0) is 13.8 Å². The third kappa shape index (κ3) is 1.92. The minimum absolute atomic E-state index is 0. The number of aromatic nitrogens is 1. The van der Waals surface area contributed by atoms with Gasteiger partial charge in [0.15, 0.2) is 0 Å². The molecule has 1 aromatic heterocycles. The molecule has 8 heavy (non-hydrogen) atoms. The lowest BCUT2D eigenvalue weighted by Gasteiger charge is -1.71. The zero-order chi connectivity index (χ0) is 5.28. The number of nitrogens with zero attached hydrogens (tertiary/aromatic N) is 1. The Labute approximate surface area is 63.5 Å². The van der Waals surface area contributed by atoms with E-state index in [1.54, 1.807) is 11.3 Å². The summed E-state index contributed by atoms with van der Waals surface area (Å²) in [6.07, 6.45) is 0. The Kier molecular flexibility index (Phi) is 3.24. The molecule has 1 rings (SSSR count). The average molecular weight is 194 g/mol. The van der Waals surface area contributed by atoms with E-state index in [-0.39, 0.29) is 17.0 Å². The largest absolute Gasteiger partial charge is 0.247 e. The van der Waals surface area contributed by atoms with E-state index in [1.807, 2.05) is 13.8 Å². The lowest BCUT2D eigenvalue weighted by Crippen LogP contribution is -1.67. The molecule has 0 aliphatic rings. The van der Waals surface area contributed by atoms with Crippen molar-refractivity contribution in [1.82, 2.24) is 4.98 Å². The molecule has 1 heterocycles. The van der Waals surface area contributed by atoms with Gasteiger partial charge in [-0.25, -0.2) is 4.98 Å². The third-order valence-corrected chi connectivity index (χ3v) is 1.63. The van der Waals surface area contributed by atoms with Crippen LogP contribution in [0.3, 0.4) is 0 Å². The molecular formula is C5H8BrNS. The summed E-state index contributed by atoms with van der Waals surface area (Å²) in [7, 11) is 0. The predicted molar refractivity (Wildman–Crippen MR) is 41.9 cm³/mol. The first-order valence-corrected chi connectivity index (χ1v) is 3.06. The van der Waals surface area contributed by atoms with Gasteiger partial charge in [0.2, 0.25) is 0 Å². The molecule has 0 unspecified atom stereocenters. The first kappa shape index (κ1) is 8.11. The monoisotopic (exact) mass is 193 g/mol. The SMILES string of the molecule is Br.Cc1csc(C)n1.